The van der Waals surface area contributed by atoms with Crippen LogP contribution in [0.2, 0.25) is 0 Å². The van der Waals surface area contributed by atoms with Gasteiger partial charge >= 0.3 is 5.97 Å². The summed E-state index contributed by atoms with van der Waals surface area (Å²) < 4.78 is 13.5. The van der Waals surface area contributed by atoms with Gasteiger partial charge in [-0.1, -0.05) is 0 Å². The Kier molecular flexibility index (Phi) is 6.49. The largest absolute Gasteiger partial charge is 0.478 e. The van der Waals surface area contributed by atoms with Gasteiger partial charge in [0.15, 0.2) is 0 Å². The number of benzene rings is 1. The van der Waals surface area contributed by atoms with E-state index < -0.39 is 17.7 Å². The van der Waals surface area contributed by atoms with Crippen LogP contribution in [0.3, 0.4) is 0 Å². The number of anilines is 1. The van der Waals surface area contributed by atoms with Gasteiger partial charge in [0.1, 0.15) is 5.82 Å². The van der Waals surface area contributed by atoms with E-state index in [0.29, 0.717) is 6.42 Å². The molecule has 0 aromatic heterocycles. The maximum absolute atomic E-state index is 13.5. The van der Waals surface area contributed by atoms with Crippen LogP contribution in [-0.2, 0) is 9.59 Å². The molecule has 6 nitrogen and oxygen atoms in total. The summed E-state index contributed by atoms with van der Waals surface area (Å²) in [5.74, 6) is -2.54. The average Bonchev–Trinajstić information content (AvgIpc) is 2.40. The van der Waals surface area contributed by atoms with Gasteiger partial charge in [0.05, 0.1) is 11.3 Å². The molecule has 0 unspecified atom stereocenters. The fraction of sp³-hybridized carbons (Fsp3) is 0.400. The molecule has 22 heavy (non-hydrogen) atoms. The number of carbonyl (C=O) groups is 3. The van der Waals surface area contributed by atoms with E-state index >= 15 is 0 Å². The first-order valence-electron chi connectivity index (χ1n) is 6.91. The summed E-state index contributed by atoms with van der Waals surface area (Å²) >= 11 is 0. The van der Waals surface area contributed by atoms with Gasteiger partial charge in [-0.2, -0.15) is 0 Å². The molecule has 0 fully saturated rings. The summed E-state index contributed by atoms with van der Waals surface area (Å²) in [7, 11) is 0. The molecule has 0 atom stereocenters. The first-order valence-corrected chi connectivity index (χ1v) is 6.91. The van der Waals surface area contributed by atoms with Crippen LogP contribution < -0.4 is 10.6 Å². The number of carbonyl (C=O) groups excluding carboxylic acids is 2. The van der Waals surface area contributed by atoms with Crippen molar-refractivity contribution >= 4 is 23.5 Å². The Labute approximate surface area is 127 Å². The van der Waals surface area contributed by atoms with E-state index in [9.17, 15) is 18.8 Å². The minimum Gasteiger partial charge on any atom is -0.478 e. The monoisotopic (exact) mass is 310 g/mol. The SMILES string of the molecule is CC(C)NC(=O)CCCC(=O)Nc1cc(C(=O)O)ccc1F. The number of amides is 2. The molecule has 1 aromatic rings. The normalized spacial score (nSPS) is 10.4. The zero-order valence-electron chi connectivity index (χ0n) is 12.5. The van der Waals surface area contributed by atoms with E-state index in [1.807, 2.05) is 13.8 Å². The van der Waals surface area contributed by atoms with Gasteiger partial charge in [-0.05, 0) is 38.5 Å². The molecular weight excluding hydrogens is 291 g/mol. The topological polar surface area (TPSA) is 95.5 Å². The van der Waals surface area contributed by atoms with Crippen molar-refractivity contribution in [2.45, 2.75) is 39.2 Å². The number of nitrogens with one attached hydrogen (secondary N) is 2. The highest BCUT2D eigenvalue weighted by Crippen LogP contribution is 2.16. The standard InChI is InChI=1S/C15H19FN2O4/c1-9(2)17-13(19)4-3-5-14(20)18-12-8-10(15(21)22)6-7-11(12)16/h6-9H,3-5H2,1-2H3,(H,17,19)(H,18,20)(H,21,22). The van der Waals surface area contributed by atoms with E-state index in [-0.39, 0.29) is 36.0 Å². The molecule has 1 rings (SSSR count). The van der Waals surface area contributed by atoms with Gasteiger partial charge in [0.2, 0.25) is 11.8 Å². The van der Waals surface area contributed by atoms with E-state index in [4.69, 9.17) is 5.11 Å². The van der Waals surface area contributed by atoms with Crippen molar-refractivity contribution in [2.75, 3.05) is 5.32 Å². The van der Waals surface area contributed by atoms with Gasteiger partial charge < -0.3 is 15.7 Å². The Bertz CT molecular complexity index is 573. The average molecular weight is 310 g/mol. The van der Waals surface area contributed by atoms with Gasteiger partial charge in [0.25, 0.3) is 0 Å². The lowest BCUT2D eigenvalue weighted by Gasteiger charge is -2.09. The van der Waals surface area contributed by atoms with Crippen molar-refractivity contribution in [1.82, 2.24) is 5.32 Å². The molecule has 0 heterocycles. The van der Waals surface area contributed by atoms with Crippen molar-refractivity contribution < 1.29 is 23.9 Å². The Hall–Kier alpha value is -2.44. The van der Waals surface area contributed by atoms with E-state index in [2.05, 4.69) is 10.6 Å². The predicted molar refractivity (Wildman–Crippen MR) is 79.1 cm³/mol. The van der Waals surface area contributed by atoms with E-state index in [0.717, 1.165) is 18.2 Å². The first-order chi connectivity index (χ1) is 10.3. The Morgan fingerprint density at radius 1 is 1.18 bits per heavy atom. The molecule has 0 aliphatic rings. The molecule has 3 N–H and O–H groups in total. The fourth-order valence-corrected chi connectivity index (χ4v) is 1.77. The lowest BCUT2D eigenvalue weighted by molar-refractivity contribution is -0.121. The van der Waals surface area contributed by atoms with Crippen LogP contribution in [0.1, 0.15) is 43.5 Å². The molecular formula is C15H19FN2O4. The molecule has 0 bridgehead atoms. The maximum Gasteiger partial charge on any atom is 0.335 e. The third-order valence-electron chi connectivity index (χ3n) is 2.74. The molecule has 0 aliphatic carbocycles. The van der Waals surface area contributed by atoms with Crippen LogP contribution >= 0.6 is 0 Å². The molecule has 0 saturated carbocycles. The maximum atomic E-state index is 13.5. The van der Waals surface area contributed by atoms with Crippen molar-refractivity contribution in [3.63, 3.8) is 0 Å². The second-order valence-electron chi connectivity index (χ2n) is 5.12. The molecule has 0 spiro atoms. The highest BCUT2D eigenvalue weighted by Gasteiger charge is 2.12. The number of rotatable bonds is 7. The number of halogens is 1. The zero-order valence-corrected chi connectivity index (χ0v) is 12.5. The number of carboxylic acids is 1. The third kappa shape index (κ3) is 5.90. The van der Waals surface area contributed by atoms with Crippen LogP contribution in [0.4, 0.5) is 10.1 Å². The molecule has 0 aliphatic heterocycles. The summed E-state index contributed by atoms with van der Waals surface area (Å²) in [4.78, 5) is 33.9. The summed E-state index contributed by atoms with van der Waals surface area (Å²) in [5, 5.41) is 13.8. The lowest BCUT2D eigenvalue weighted by atomic mass is 10.1. The van der Waals surface area contributed by atoms with E-state index in [1.165, 1.54) is 0 Å². The quantitative estimate of drug-likeness (QED) is 0.719. The summed E-state index contributed by atoms with van der Waals surface area (Å²) in [6.45, 7) is 3.67. The van der Waals surface area contributed by atoms with Crippen molar-refractivity contribution in [2.24, 2.45) is 0 Å². The van der Waals surface area contributed by atoms with Crippen molar-refractivity contribution in [3.8, 4) is 0 Å². The van der Waals surface area contributed by atoms with Gasteiger partial charge in [-0.15, -0.1) is 0 Å². The van der Waals surface area contributed by atoms with Crippen molar-refractivity contribution in [3.05, 3.63) is 29.6 Å². The molecule has 0 radical (unpaired) electrons. The Morgan fingerprint density at radius 3 is 2.41 bits per heavy atom. The minimum atomic E-state index is -1.21. The molecule has 120 valence electrons. The van der Waals surface area contributed by atoms with Gasteiger partial charge in [-0.25, -0.2) is 9.18 Å². The van der Waals surface area contributed by atoms with Gasteiger partial charge in [0, 0.05) is 18.9 Å². The second-order valence-corrected chi connectivity index (χ2v) is 5.12. The fourth-order valence-electron chi connectivity index (χ4n) is 1.77. The highest BCUT2D eigenvalue weighted by molar-refractivity contribution is 5.94. The molecule has 1 aromatic carbocycles. The Morgan fingerprint density at radius 2 is 1.82 bits per heavy atom. The molecule has 2 amide bonds. The summed E-state index contributed by atoms with van der Waals surface area (Å²) in [6, 6.07) is 3.19. The Balaban J connectivity index is 2.50. The number of carboxylic acid groups (broad SMARTS) is 1. The van der Waals surface area contributed by atoms with Crippen molar-refractivity contribution in [1.29, 1.82) is 0 Å². The van der Waals surface area contributed by atoms with E-state index in [1.54, 1.807) is 0 Å². The molecule has 0 saturated heterocycles. The van der Waals surface area contributed by atoms with Crippen LogP contribution in [0.5, 0.6) is 0 Å². The minimum absolute atomic E-state index is 0.0363. The smallest absolute Gasteiger partial charge is 0.335 e. The third-order valence-corrected chi connectivity index (χ3v) is 2.74. The van der Waals surface area contributed by atoms with Crippen LogP contribution in [-0.4, -0.2) is 28.9 Å². The molecule has 7 heteroatoms. The van der Waals surface area contributed by atoms with Gasteiger partial charge in [-0.3, -0.25) is 9.59 Å². The zero-order chi connectivity index (χ0) is 16.7. The summed E-state index contributed by atoms with van der Waals surface area (Å²) in [5.41, 5.74) is -0.301. The number of aromatic carboxylic acids is 1. The summed E-state index contributed by atoms with van der Waals surface area (Å²) in [6.07, 6.45) is 0.566. The highest BCUT2D eigenvalue weighted by atomic mass is 19.1. The lowest BCUT2D eigenvalue weighted by Crippen LogP contribution is -2.30. The van der Waals surface area contributed by atoms with Crippen LogP contribution in [0.25, 0.3) is 0 Å². The number of hydrogen-bond acceptors (Lipinski definition) is 3. The first kappa shape index (κ1) is 17.6. The predicted octanol–water partition coefficient (Wildman–Crippen LogP) is 2.16. The number of hydrogen-bond donors (Lipinski definition) is 3. The van der Waals surface area contributed by atoms with Crippen LogP contribution in [0.15, 0.2) is 18.2 Å². The van der Waals surface area contributed by atoms with Crippen LogP contribution in [0, 0.1) is 5.82 Å². The second kappa shape index (κ2) is 8.11.